The van der Waals surface area contributed by atoms with E-state index >= 15 is 0 Å². The summed E-state index contributed by atoms with van der Waals surface area (Å²) in [5, 5.41) is 0. The lowest BCUT2D eigenvalue weighted by Gasteiger charge is -2.34. The van der Waals surface area contributed by atoms with E-state index in [1.54, 1.807) is 0 Å². The molecule has 0 amide bonds. The van der Waals surface area contributed by atoms with Crippen molar-refractivity contribution >= 4 is 0 Å². The van der Waals surface area contributed by atoms with Gasteiger partial charge in [-0.25, -0.2) is 0 Å². The lowest BCUT2D eigenvalue weighted by Crippen LogP contribution is -2.35. The molecule has 1 heterocycles. The molecule has 0 bridgehead atoms. The van der Waals surface area contributed by atoms with E-state index in [2.05, 4.69) is 49.9 Å². The molecule has 0 spiro atoms. The monoisotopic (exact) mass is 274 g/mol. The second kappa shape index (κ2) is 7.24. The maximum Gasteiger partial charge on any atom is 0.0388 e. The largest absolute Gasteiger partial charge is 0.330 e. The van der Waals surface area contributed by atoms with E-state index < -0.39 is 0 Å². The summed E-state index contributed by atoms with van der Waals surface area (Å²) in [5.74, 6) is 1.20. The Bertz CT molecular complexity index is 382. The summed E-state index contributed by atoms with van der Waals surface area (Å²) in [7, 11) is 0. The fraction of sp³-hybridized carbons (Fsp3) is 0.667. The minimum atomic E-state index is 0.508. The van der Waals surface area contributed by atoms with Gasteiger partial charge in [0.05, 0.1) is 0 Å². The molecule has 0 saturated carbocycles. The van der Waals surface area contributed by atoms with Crippen molar-refractivity contribution in [2.75, 3.05) is 19.6 Å². The predicted molar refractivity (Wildman–Crippen MR) is 86.9 cm³/mol. The van der Waals surface area contributed by atoms with Crippen LogP contribution < -0.4 is 5.73 Å². The first-order chi connectivity index (χ1) is 9.67. The molecule has 1 aliphatic rings. The number of nitrogens with two attached hydrogens (primary N) is 1. The van der Waals surface area contributed by atoms with Crippen LogP contribution in [0.3, 0.4) is 0 Å². The summed E-state index contributed by atoms with van der Waals surface area (Å²) in [6.45, 7) is 9.90. The van der Waals surface area contributed by atoms with Crippen molar-refractivity contribution in [2.45, 2.75) is 52.0 Å². The summed E-state index contributed by atoms with van der Waals surface area (Å²) >= 11 is 0. The second-order valence-electron chi connectivity index (χ2n) is 6.39. The third kappa shape index (κ3) is 3.42. The van der Waals surface area contributed by atoms with Gasteiger partial charge in [-0.15, -0.1) is 0 Å². The van der Waals surface area contributed by atoms with Gasteiger partial charge >= 0.3 is 0 Å². The normalized spacial score (nSPS) is 24.9. The van der Waals surface area contributed by atoms with Crippen molar-refractivity contribution in [3.05, 3.63) is 35.4 Å². The van der Waals surface area contributed by atoms with Crippen LogP contribution in [-0.4, -0.2) is 24.5 Å². The van der Waals surface area contributed by atoms with Gasteiger partial charge in [0.2, 0.25) is 0 Å². The van der Waals surface area contributed by atoms with Crippen molar-refractivity contribution < 1.29 is 0 Å². The van der Waals surface area contributed by atoms with Gasteiger partial charge in [0.1, 0.15) is 0 Å². The molecule has 2 rings (SSSR count). The first-order valence-corrected chi connectivity index (χ1v) is 8.21. The van der Waals surface area contributed by atoms with Crippen molar-refractivity contribution in [1.82, 2.24) is 4.90 Å². The number of rotatable bonds is 4. The highest BCUT2D eigenvalue weighted by Gasteiger charge is 2.29. The SMILES string of the molecule is CCN1CCCCC(CN)C1c1ccc(C(C)C)cc1. The maximum absolute atomic E-state index is 6.07. The third-order valence-corrected chi connectivity index (χ3v) is 4.76. The molecule has 1 aliphatic heterocycles. The van der Waals surface area contributed by atoms with E-state index in [0.717, 1.165) is 13.1 Å². The zero-order chi connectivity index (χ0) is 14.5. The summed E-state index contributed by atoms with van der Waals surface area (Å²) in [6.07, 6.45) is 3.90. The Hall–Kier alpha value is -0.860. The van der Waals surface area contributed by atoms with E-state index in [-0.39, 0.29) is 0 Å². The van der Waals surface area contributed by atoms with E-state index in [9.17, 15) is 0 Å². The molecule has 0 radical (unpaired) electrons. The molecule has 1 fully saturated rings. The van der Waals surface area contributed by atoms with Crippen molar-refractivity contribution in [2.24, 2.45) is 11.7 Å². The maximum atomic E-state index is 6.07. The van der Waals surface area contributed by atoms with Crippen molar-refractivity contribution in [1.29, 1.82) is 0 Å². The average molecular weight is 274 g/mol. The number of nitrogens with zero attached hydrogens (tertiary/aromatic N) is 1. The van der Waals surface area contributed by atoms with Crippen LogP contribution >= 0.6 is 0 Å². The molecule has 0 aliphatic carbocycles. The number of likely N-dealkylation sites (tertiary alicyclic amines) is 1. The summed E-state index contributed by atoms with van der Waals surface area (Å²) in [6, 6.07) is 9.76. The average Bonchev–Trinajstić information content (AvgIpc) is 2.68. The molecule has 2 nitrogen and oxygen atoms in total. The van der Waals surface area contributed by atoms with Gasteiger partial charge in [0.15, 0.2) is 0 Å². The topological polar surface area (TPSA) is 29.3 Å². The standard InChI is InChI=1S/C18H30N2/c1-4-20-12-6-5-7-17(13-19)18(20)16-10-8-15(9-11-16)14(2)3/h8-11,14,17-18H,4-7,12-13,19H2,1-3H3. The second-order valence-corrected chi connectivity index (χ2v) is 6.39. The molecule has 20 heavy (non-hydrogen) atoms. The van der Waals surface area contributed by atoms with E-state index in [1.807, 2.05) is 0 Å². The lowest BCUT2D eigenvalue weighted by molar-refractivity contribution is 0.166. The van der Waals surface area contributed by atoms with Gasteiger partial charge in [-0.2, -0.15) is 0 Å². The Labute approximate surface area is 124 Å². The Morgan fingerprint density at radius 2 is 1.90 bits per heavy atom. The minimum Gasteiger partial charge on any atom is -0.330 e. The molecule has 2 heteroatoms. The fourth-order valence-corrected chi connectivity index (χ4v) is 3.48. The van der Waals surface area contributed by atoms with Crippen LogP contribution in [0.5, 0.6) is 0 Å². The van der Waals surface area contributed by atoms with Crippen LogP contribution in [-0.2, 0) is 0 Å². The van der Waals surface area contributed by atoms with Crippen LogP contribution in [0.15, 0.2) is 24.3 Å². The first-order valence-electron chi connectivity index (χ1n) is 8.21. The van der Waals surface area contributed by atoms with Crippen LogP contribution in [0, 0.1) is 5.92 Å². The quantitative estimate of drug-likeness (QED) is 0.901. The highest BCUT2D eigenvalue weighted by Crippen LogP contribution is 2.34. The van der Waals surface area contributed by atoms with E-state index in [4.69, 9.17) is 5.73 Å². The highest BCUT2D eigenvalue weighted by molar-refractivity contribution is 5.27. The Kier molecular flexibility index (Phi) is 5.62. The Balaban J connectivity index is 2.28. The van der Waals surface area contributed by atoms with Gasteiger partial charge in [-0.1, -0.05) is 51.5 Å². The van der Waals surface area contributed by atoms with Crippen molar-refractivity contribution in [3.63, 3.8) is 0 Å². The molecular weight excluding hydrogens is 244 g/mol. The number of benzene rings is 1. The van der Waals surface area contributed by atoms with E-state index in [1.165, 1.54) is 36.9 Å². The predicted octanol–water partition coefficient (Wildman–Crippen LogP) is 3.93. The molecule has 1 saturated heterocycles. The lowest BCUT2D eigenvalue weighted by atomic mass is 9.88. The summed E-state index contributed by atoms with van der Waals surface area (Å²) in [5.41, 5.74) is 8.95. The molecule has 2 unspecified atom stereocenters. The number of hydrogen-bond donors (Lipinski definition) is 1. The van der Waals surface area contributed by atoms with Gasteiger partial charge in [0, 0.05) is 6.04 Å². The molecule has 112 valence electrons. The zero-order valence-electron chi connectivity index (χ0n) is 13.3. The Morgan fingerprint density at radius 1 is 1.20 bits per heavy atom. The van der Waals surface area contributed by atoms with Crippen LogP contribution in [0.25, 0.3) is 0 Å². The van der Waals surface area contributed by atoms with Gasteiger partial charge < -0.3 is 5.73 Å². The Morgan fingerprint density at radius 3 is 2.45 bits per heavy atom. The van der Waals surface area contributed by atoms with Gasteiger partial charge in [0.25, 0.3) is 0 Å². The van der Waals surface area contributed by atoms with Gasteiger partial charge in [-0.3, -0.25) is 4.90 Å². The summed E-state index contributed by atoms with van der Waals surface area (Å²) < 4.78 is 0. The number of hydrogen-bond acceptors (Lipinski definition) is 2. The first kappa shape index (κ1) is 15.5. The minimum absolute atomic E-state index is 0.508. The van der Waals surface area contributed by atoms with Gasteiger partial charge in [-0.05, 0) is 55.4 Å². The van der Waals surface area contributed by atoms with Crippen LogP contribution in [0.2, 0.25) is 0 Å². The van der Waals surface area contributed by atoms with Crippen molar-refractivity contribution in [3.8, 4) is 0 Å². The van der Waals surface area contributed by atoms with E-state index in [0.29, 0.717) is 17.9 Å². The fourth-order valence-electron chi connectivity index (χ4n) is 3.48. The summed E-state index contributed by atoms with van der Waals surface area (Å²) in [4.78, 5) is 2.62. The molecule has 0 aromatic heterocycles. The molecule has 1 aromatic carbocycles. The van der Waals surface area contributed by atoms with Crippen LogP contribution in [0.4, 0.5) is 0 Å². The molecule has 2 N–H and O–H groups in total. The highest BCUT2D eigenvalue weighted by atomic mass is 15.2. The molecule has 2 atom stereocenters. The smallest absolute Gasteiger partial charge is 0.0388 e. The van der Waals surface area contributed by atoms with Crippen LogP contribution in [0.1, 0.15) is 63.1 Å². The third-order valence-electron chi connectivity index (χ3n) is 4.76. The molecular formula is C18H30N2. The molecule has 1 aromatic rings. The zero-order valence-corrected chi connectivity index (χ0v) is 13.3.